The molecule has 8 heavy (non-hydrogen) atoms. The molecule has 0 atom stereocenters. The van der Waals surface area contributed by atoms with Gasteiger partial charge in [0.15, 0.2) is 0 Å². The molecule has 0 heterocycles. The molecule has 0 fully saturated rings. The van der Waals surface area contributed by atoms with Crippen LogP contribution in [0.25, 0.3) is 0 Å². The third-order valence-electron chi connectivity index (χ3n) is 0.679. The van der Waals surface area contributed by atoms with Crippen LogP contribution in [0.5, 0.6) is 0 Å². The number of rotatable bonds is 3. The molecule has 0 unspecified atom stereocenters. The molecular weight excluding hydrogens is 122 g/mol. The Hall–Kier alpha value is -0.170. The Balaban J connectivity index is 0. The second-order valence-corrected chi connectivity index (χ2v) is 1.45. The second-order valence-electron chi connectivity index (χ2n) is 1.45. The van der Waals surface area contributed by atoms with E-state index in [1.54, 1.807) is 0 Å². The van der Waals surface area contributed by atoms with Crippen LogP contribution in [0.3, 0.4) is 0 Å². The summed E-state index contributed by atoms with van der Waals surface area (Å²) >= 11 is 0. The Morgan fingerprint density at radius 1 is 1.50 bits per heavy atom. The van der Waals surface area contributed by atoms with Crippen LogP contribution in [0.1, 0.15) is 20.3 Å². The number of halogens is 1. The van der Waals surface area contributed by atoms with E-state index in [0.29, 0.717) is 0 Å². The summed E-state index contributed by atoms with van der Waals surface area (Å²) in [7, 11) is 0. The summed E-state index contributed by atoms with van der Waals surface area (Å²) in [6.07, 6.45) is 5.16. The van der Waals surface area contributed by atoms with Crippen LogP contribution in [0.4, 0.5) is 0 Å². The summed E-state index contributed by atoms with van der Waals surface area (Å²) in [5.74, 6) is 0. The highest BCUT2D eigenvalue weighted by Gasteiger charge is 1.68. The number of nitrogens with one attached hydrogen (secondary N) is 1. The molecule has 0 aromatic carbocycles. The van der Waals surface area contributed by atoms with Crippen molar-refractivity contribution in [3.63, 3.8) is 0 Å². The third-order valence-corrected chi connectivity index (χ3v) is 0.679. The van der Waals surface area contributed by atoms with Crippen molar-refractivity contribution in [1.29, 1.82) is 0 Å². The zero-order valence-electron chi connectivity index (χ0n) is 5.48. The average Bonchev–Trinajstić information content (AvgIpc) is 1.69. The molecule has 0 aromatic rings. The molecule has 0 aromatic heterocycles. The van der Waals surface area contributed by atoms with Gasteiger partial charge in [-0.15, -0.1) is 12.4 Å². The molecule has 1 N–H and O–H groups in total. The topological polar surface area (TPSA) is 12.0 Å². The molecule has 0 aliphatic heterocycles. The molecule has 0 saturated carbocycles. The van der Waals surface area contributed by atoms with Crippen LogP contribution >= 0.6 is 12.4 Å². The van der Waals surface area contributed by atoms with Gasteiger partial charge in [-0.1, -0.05) is 13.0 Å². The first-order chi connectivity index (χ1) is 3.41. The second kappa shape index (κ2) is 9.95. The minimum absolute atomic E-state index is 0. The van der Waals surface area contributed by atoms with E-state index < -0.39 is 0 Å². The number of allylic oxidation sites excluding steroid dienone is 1. The molecule has 0 bridgehead atoms. The lowest BCUT2D eigenvalue weighted by atomic mass is 10.5. The molecule has 0 radical (unpaired) electrons. The average molecular weight is 136 g/mol. The molecule has 0 rings (SSSR count). The summed E-state index contributed by atoms with van der Waals surface area (Å²) in [5, 5.41) is 3.10. The lowest BCUT2D eigenvalue weighted by molar-refractivity contribution is 0.808. The van der Waals surface area contributed by atoms with E-state index in [-0.39, 0.29) is 12.4 Å². The van der Waals surface area contributed by atoms with Crippen molar-refractivity contribution in [1.82, 2.24) is 5.32 Å². The Bertz CT molecular complexity index is 52.5. The molecule has 50 valence electrons. The van der Waals surface area contributed by atoms with Gasteiger partial charge in [0.05, 0.1) is 0 Å². The number of hydrogen-bond donors (Lipinski definition) is 1. The van der Waals surface area contributed by atoms with Gasteiger partial charge < -0.3 is 5.32 Å². The van der Waals surface area contributed by atoms with Crippen LogP contribution in [0.15, 0.2) is 12.3 Å². The van der Waals surface area contributed by atoms with Gasteiger partial charge in [0.25, 0.3) is 0 Å². The van der Waals surface area contributed by atoms with Gasteiger partial charge in [0.1, 0.15) is 0 Å². The smallest absolute Gasteiger partial charge is 0.0138 e. The zero-order valence-corrected chi connectivity index (χ0v) is 6.29. The Morgan fingerprint density at radius 2 is 2.12 bits per heavy atom. The van der Waals surface area contributed by atoms with Crippen molar-refractivity contribution in [2.24, 2.45) is 0 Å². The fourth-order valence-corrected chi connectivity index (χ4v) is 0.346. The van der Waals surface area contributed by atoms with E-state index in [9.17, 15) is 0 Å². The van der Waals surface area contributed by atoms with E-state index in [1.807, 2.05) is 19.2 Å². The molecule has 2 heteroatoms. The van der Waals surface area contributed by atoms with Crippen LogP contribution in [-0.4, -0.2) is 6.54 Å². The summed E-state index contributed by atoms with van der Waals surface area (Å²) in [6, 6.07) is 0. The predicted molar refractivity (Wildman–Crippen MR) is 40.4 cm³/mol. The maximum Gasteiger partial charge on any atom is 0.0138 e. The van der Waals surface area contributed by atoms with Gasteiger partial charge >= 0.3 is 0 Å². The summed E-state index contributed by atoms with van der Waals surface area (Å²) < 4.78 is 0. The molecule has 1 nitrogen and oxygen atoms in total. The van der Waals surface area contributed by atoms with E-state index in [2.05, 4.69) is 12.2 Å². The fraction of sp³-hybridized carbons (Fsp3) is 0.667. The molecular formula is C6H14ClN. The van der Waals surface area contributed by atoms with Gasteiger partial charge in [-0.25, -0.2) is 0 Å². The van der Waals surface area contributed by atoms with E-state index >= 15 is 0 Å². The molecule has 0 spiro atoms. The van der Waals surface area contributed by atoms with Gasteiger partial charge in [-0.3, -0.25) is 0 Å². The Kier molecular flexibility index (Phi) is 13.4. The lowest BCUT2D eigenvalue weighted by Gasteiger charge is -1.91. The summed E-state index contributed by atoms with van der Waals surface area (Å²) in [6.45, 7) is 5.24. The zero-order chi connectivity index (χ0) is 5.54. The summed E-state index contributed by atoms with van der Waals surface area (Å²) in [5.41, 5.74) is 0. The van der Waals surface area contributed by atoms with Crippen molar-refractivity contribution in [2.45, 2.75) is 20.3 Å². The lowest BCUT2D eigenvalue weighted by Crippen LogP contribution is -2.03. The van der Waals surface area contributed by atoms with Crippen LogP contribution < -0.4 is 5.32 Å². The molecule has 0 amide bonds. The highest BCUT2D eigenvalue weighted by Crippen LogP contribution is 1.68. The normalized spacial score (nSPS) is 8.75. The molecule has 0 aliphatic rings. The maximum absolute atomic E-state index is 3.10. The SMILES string of the molecule is CC=CNCCC.Cl. The van der Waals surface area contributed by atoms with Crippen molar-refractivity contribution in [3.05, 3.63) is 12.3 Å². The fourth-order valence-electron chi connectivity index (χ4n) is 0.346. The first-order valence-corrected chi connectivity index (χ1v) is 2.76. The number of hydrogen-bond acceptors (Lipinski definition) is 1. The van der Waals surface area contributed by atoms with Crippen molar-refractivity contribution in [2.75, 3.05) is 6.54 Å². The third kappa shape index (κ3) is 9.27. The van der Waals surface area contributed by atoms with E-state index in [0.717, 1.165) is 6.54 Å². The van der Waals surface area contributed by atoms with Crippen LogP contribution in [0, 0.1) is 0 Å². The van der Waals surface area contributed by atoms with Gasteiger partial charge in [0.2, 0.25) is 0 Å². The minimum atomic E-state index is 0. The monoisotopic (exact) mass is 135 g/mol. The standard InChI is InChI=1S/C6H13N.ClH/c1-3-5-7-6-4-2;/h3,5,7H,4,6H2,1-2H3;1H. The van der Waals surface area contributed by atoms with E-state index in [4.69, 9.17) is 0 Å². The van der Waals surface area contributed by atoms with Gasteiger partial charge in [-0.2, -0.15) is 0 Å². The van der Waals surface area contributed by atoms with Gasteiger partial charge in [0, 0.05) is 6.54 Å². The van der Waals surface area contributed by atoms with Crippen LogP contribution in [-0.2, 0) is 0 Å². The van der Waals surface area contributed by atoms with E-state index in [1.165, 1.54) is 6.42 Å². The van der Waals surface area contributed by atoms with Gasteiger partial charge in [-0.05, 0) is 19.5 Å². The molecule has 0 saturated heterocycles. The first-order valence-electron chi connectivity index (χ1n) is 2.76. The predicted octanol–water partition coefficient (Wildman–Crippen LogP) is 1.94. The molecule has 0 aliphatic carbocycles. The Labute approximate surface area is 57.6 Å². The highest BCUT2D eigenvalue weighted by atomic mass is 35.5. The van der Waals surface area contributed by atoms with Crippen LogP contribution in [0.2, 0.25) is 0 Å². The quantitative estimate of drug-likeness (QED) is 0.584. The van der Waals surface area contributed by atoms with Crippen molar-refractivity contribution >= 4 is 12.4 Å². The van der Waals surface area contributed by atoms with Crippen molar-refractivity contribution in [3.8, 4) is 0 Å². The first kappa shape index (κ1) is 10.7. The minimum Gasteiger partial charge on any atom is -0.391 e. The summed E-state index contributed by atoms with van der Waals surface area (Å²) in [4.78, 5) is 0. The highest BCUT2D eigenvalue weighted by molar-refractivity contribution is 5.85. The maximum atomic E-state index is 3.10. The largest absolute Gasteiger partial charge is 0.391 e. The van der Waals surface area contributed by atoms with Crippen molar-refractivity contribution < 1.29 is 0 Å². The Morgan fingerprint density at radius 3 is 2.50 bits per heavy atom.